The minimum atomic E-state index is -0.0469. The Bertz CT molecular complexity index is 139. The predicted molar refractivity (Wildman–Crippen MR) is 38.8 cm³/mol. The summed E-state index contributed by atoms with van der Waals surface area (Å²) < 4.78 is 0. The van der Waals surface area contributed by atoms with Crippen LogP contribution in [0.5, 0.6) is 0 Å². The van der Waals surface area contributed by atoms with Crippen molar-refractivity contribution in [2.24, 2.45) is 11.3 Å². The highest BCUT2D eigenvalue weighted by atomic mass is 14.3. The molecule has 0 aliphatic rings. The van der Waals surface area contributed by atoms with Crippen molar-refractivity contribution in [2.75, 3.05) is 0 Å². The van der Waals surface area contributed by atoms with Gasteiger partial charge in [0.2, 0.25) is 0 Å². The van der Waals surface area contributed by atoms with Gasteiger partial charge in [0.05, 0.1) is 12.0 Å². The average molecular weight is 123 g/mol. The Morgan fingerprint density at radius 1 is 1.67 bits per heavy atom. The standard InChI is InChI=1S/C8H13N/c1-5-8(3,4)7(2)6-9/h5,7H,1H2,2-4H3. The van der Waals surface area contributed by atoms with E-state index in [9.17, 15) is 0 Å². The Kier molecular flexibility index (Phi) is 2.45. The molecule has 0 aromatic heterocycles. The molecule has 0 aromatic rings. The summed E-state index contributed by atoms with van der Waals surface area (Å²) >= 11 is 0. The lowest BCUT2D eigenvalue weighted by Gasteiger charge is -2.21. The molecule has 1 unspecified atom stereocenters. The van der Waals surface area contributed by atoms with E-state index in [-0.39, 0.29) is 11.3 Å². The second kappa shape index (κ2) is 2.68. The number of nitriles is 1. The smallest absolute Gasteiger partial charge is 0.0661 e. The molecule has 50 valence electrons. The Morgan fingerprint density at radius 2 is 2.11 bits per heavy atom. The van der Waals surface area contributed by atoms with E-state index in [4.69, 9.17) is 5.26 Å². The topological polar surface area (TPSA) is 23.8 Å². The largest absolute Gasteiger partial charge is 0.198 e. The number of allylic oxidation sites excluding steroid dienone is 1. The molecule has 0 bridgehead atoms. The Hall–Kier alpha value is -0.770. The van der Waals surface area contributed by atoms with Crippen LogP contribution in [-0.2, 0) is 0 Å². The highest BCUT2D eigenvalue weighted by Gasteiger charge is 2.20. The first kappa shape index (κ1) is 8.23. The van der Waals surface area contributed by atoms with Crippen molar-refractivity contribution in [3.05, 3.63) is 12.7 Å². The summed E-state index contributed by atoms with van der Waals surface area (Å²) in [4.78, 5) is 0. The molecule has 9 heavy (non-hydrogen) atoms. The molecule has 0 radical (unpaired) electrons. The fraction of sp³-hybridized carbons (Fsp3) is 0.625. The van der Waals surface area contributed by atoms with E-state index in [1.54, 1.807) is 0 Å². The van der Waals surface area contributed by atoms with Gasteiger partial charge in [-0.3, -0.25) is 0 Å². The summed E-state index contributed by atoms with van der Waals surface area (Å²) in [5.74, 6) is 0.0509. The molecule has 0 aliphatic heterocycles. The van der Waals surface area contributed by atoms with Crippen molar-refractivity contribution in [1.29, 1.82) is 5.26 Å². The van der Waals surface area contributed by atoms with Crippen LogP contribution in [0, 0.1) is 22.7 Å². The third-order valence-corrected chi connectivity index (χ3v) is 1.84. The minimum Gasteiger partial charge on any atom is -0.198 e. The van der Waals surface area contributed by atoms with Crippen LogP contribution in [-0.4, -0.2) is 0 Å². The van der Waals surface area contributed by atoms with Gasteiger partial charge in [-0.2, -0.15) is 5.26 Å². The molecule has 1 nitrogen and oxygen atoms in total. The first-order valence-corrected chi connectivity index (χ1v) is 3.08. The molecule has 0 N–H and O–H groups in total. The number of hydrogen-bond donors (Lipinski definition) is 0. The van der Waals surface area contributed by atoms with Crippen LogP contribution >= 0.6 is 0 Å². The van der Waals surface area contributed by atoms with Crippen molar-refractivity contribution in [3.63, 3.8) is 0 Å². The predicted octanol–water partition coefficient (Wildman–Crippen LogP) is 2.36. The van der Waals surface area contributed by atoms with Crippen molar-refractivity contribution in [1.82, 2.24) is 0 Å². The Labute approximate surface area is 57.0 Å². The van der Waals surface area contributed by atoms with Crippen LogP contribution in [0.1, 0.15) is 20.8 Å². The van der Waals surface area contributed by atoms with E-state index >= 15 is 0 Å². The SMILES string of the molecule is C=CC(C)(C)C(C)C#N. The summed E-state index contributed by atoms with van der Waals surface area (Å²) in [7, 11) is 0. The minimum absolute atomic E-state index is 0.0469. The van der Waals surface area contributed by atoms with E-state index in [1.165, 1.54) is 0 Å². The van der Waals surface area contributed by atoms with E-state index in [2.05, 4.69) is 12.6 Å². The number of hydrogen-bond acceptors (Lipinski definition) is 1. The molecule has 0 amide bonds. The van der Waals surface area contributed by atoms with Crippen LogP contribution in [0.3, 0.4) is 0 Å². The molecule has 0 saturated heterocycles. The molecule has 1 atom stereocenters. The molecule has 0 heterocycles. The van der Waals surface area contributed by atoms with Crippen molar-refractivity contribution < 1.29 is 0 Å². The molecular weight excluding hydrogens is 110 g/mol. The normalized spacial score (nSPS) is 14.0. The third kappa shape index (κ3) is 1.89. The average Bonchev–Trinajstić information content (AvgIpc) is 1.86. The fourth-order valence-electron chi connectivity index (χ4n) is 0.343. The van der Waals surface area contributed by atoms with Gasteiger partial charge in [0, 0.05) is 0 Å². The van der Waals surface area contributed by atoms with Crippen molar-refractivity contribution in [2.45, 2.75) is 20.8 Å². The lowest BCUT2D eigenvalue weighted by atomic mass is 9.81. The summed E-state index contributed by atoms with van der Waals surface area (Å²) in [5, 5.41) is 8.50. The van der Waals surface area contributed by atoms with Crippen LogP contribution in [0.2, 0.25) is 0 Å². The van der Waals surface area contributed by atoms with Gasteiger partial charge in [0.25, 0.3) is 0 Å². The van der Waals surface area contributed by atoms with Gasteiger partial charge >= 0.3 is 0 Å². The second-order valence-corrected chi connectivity index (χ2v) is 2.88. The molecule has 1 heteroatoms. The lowest BCUT2D eigenvalue weighted by molar-refractivity contribution is 0.377. The highest BCUT2D eigenvalue weighted by molar-refractivity contribution is 4.99. The highest BCUT2D eigenvalue weighted by Crippen LogP contribution is 2.26. The molecule has 0 spiro atoms. The number of nitrogens with zero attached hydrogens (tertiary/aromatic N) is 1. The van der Waals surface area contributed by atoms with Gasteiger partial charge < -0.3 is 0 Å². The second-order valence-electron chi connectivity index (χ2n) is 2.88. The van der Waals surface area contributed by atoms with Gasteiger partial charge in [-0.25, -0.2) is 0 Å². The summed E-state index contributed by atoms with van der Waals surface area (Å²) in [6.45, 7) is 9.57. The summed E-state index contributed by atoms with van der Waals surface area (Å²) in [6.07, 6.45) is 1.82. The zero-order valence-corrected chi connectivity index (χ0v) is 6.31. The van der Waals surface area contributed by atoms with Gasteiger partial charge in [-0.1, -0.05) is 19.9 Å². The molecule has 0 fully saturated rings. The first-order valence-electron chi connectivity index (χ1n) is 3.08. The van der Waals surface area contributed by atoms with Gasteiger partial charge in [0.1, 0.15) is 0 Å². The molecule has 0 rings (SSSR count). The van der Waals surface area contributed by atoms with Crippen LogP contribution in [0.4, 0.5) is 0 Å². The zero-order chi connectivity index (χ0) is 7.49. The Balaban J connectivity index is 4.17. The van der Waals surface area contributed by atoms with E-state index in [0.717, 1.165) is 0 Å². The monoisotopic (exact) mass is 123 g/mol. The quantitative estimate of drug-likeness (QED) is 0.517. The van der Waals surface area contributed by atoms with E-state index in [0.29, 0.717) is 0 Å². The maximum Gasteiger partial charge on any atom is 0.0661 e. The van der Waals surface area contributed by atoms with Gasteiger partial charge in [-0.15, -0.1) is 6.58 Å². The molecule has 0 saturated carbocycles. The van der Waals surface area contributed by atoms with Crippen LogP contribution < -0.4 is 0 Å². The first-order chi connectivity index (χ1) is 4.04. The molecule has 0 aromatic carbocycles. The van der Waals surface area contributed by atoms with Crippen LogP contribution in [0.25, 0.3) is 0 Å². The maximum absolute atomic E-state index is 8.50. The van der Waals surface area contributed by atoms with Crippen molar-refractivity contribution >= 4 is 0 Å². The van der Waals surface area contributed by atoms with E-state index in [1.807, 2.05) is 26.8 Å². The van der Waals surface area contributed by atoms with Crippen LogP contribution in [0.15, 0.2) is 12.7 Å². The lowest BCUT2D eigenvalue weighted by Crippen LogP contribution is -2.16. The van der Waals surface area contributed by atoms with Gasteiger partial charge in [-0.05, 0) is 12.3 Å². The third-order valence-electron chi connectivity index (χ3n) is 1.84. The molecular formula is C8H13N. The van der Waals surface area contributed by atoms with Crippen molar-refractivity contribution in [3.8, 4) is 6.07 Å². The maximum atomic E-state index is 8.50. The molecule has 0 aliphatic carbocycles. The summed E-state index contributed by atoms with van der Waals surface area (Å²) in [5.41, 5.74) is -0.0469. The van der Waals surface area contributed by atoms with E-state index < -0.39 is 0 Å². The fourth-order valence-corrected chi connectivity index (χ4v) is 0.343. The zero-order valence-electron chi connectivity index (χ0n) is 6.31. The Morgan fingerprint density at radius 3 is 2.22 bits per heavy atom. The summed E-state index contributed by atoms with van der Waals surface area (Å²) in [6, 6.07) is 2.18. The van der Waals surface area contributed by atoms with Gasteiger partial charge in [0.15, 0.2) is 0 Å². The number of rotatable bonds is 2.